The summed E-state index contributed by atoms with van der Waals surface area (Å²) in [6, 6.07) is 5.14. The molecule has 0 atom stereocenters. The van der Waals surface area contributed by atoms with Crippen molar-refractivity contribution < 1.29 is 14.6 Å². The number of benzene rings is 1. The molecule has 4 heteroatoms. The number of hydrogen-bond donors (Lipinski definition) is 2. The average Bonchev–Trinajstić information content (AvgIpc) is 3.19. The number of aromatic carboxylic acids is 1. The second-order valence-electron chi connectivity index (χ2n) is 5.13. The molecule has 0 aliphatic heterocycles. The summed E-state index contributed by atoms with van der Waals surface area (Å²) >= 11 is 0. The molecule has 1 aromatic rings. The van der Waals surface area contributed by atoms with Crippen molar-refractivity contribution in [2.45, 2.75) is 26.2 Å². The van der Waals surface area contributed by atoms with Crippen LogP contribution in [0.15, 0.2) is 18.2 Å². The van der Waals surface area contributed by atoms with Crippen molar-refractivity contribution >= 4 is 11.7 Å². The van der Waals surface area contributed by atoms with Crippen LogP contribution in [0.2, 0.25) is 0 Å². The van der Waals surface area contributed by atoms with E-state index in [1.807, 2.05) is 13.0 Å². The third kappa shape index (κ3) is 4.56. The van der Waals surface area contributed by atoms with Crippen LogP contribution in [-0.4, -0.2) is 30.8 Å². The number of anilines is 1. The molecular formula is C15H21NO3. The first-order chi connectivity index (χ1) is 9.16. The lowest BCUT2D eigenvalue weighted by Crippen LogP contribution is -2.08. The summed E-state index contributed by atoms with van der Waals surface area (Å²) in [5.74, 6) is -0.0677. The lowest BCUT2D eigenvalue weighted by molar-refractivity contribution is 0.0697. The lowest BCUT2D eigenvalue weighted by atomic mass is 10.1. The minimum absolute atomic E-state index is 0.329. The number of hydrogen-bond acceptors (Lipinski definition) is 3. The standard InChI is InChI=1S/C15H21NO3/c1-11-9-13(15(17)18)5-6-14(11)16-7-2-8-19-10-12-3-4-12/h5-6,9,12,16H,2-4,7-8,10H2,1H3,(H,17,18). The van der Waals surface area contributed by atoms with E-state index < -0.39 is 5.97 Å². The maximum atomic E-state index is 10.8. The van der Waals surface area contributed by atoms with Crippen LogP contribution < -0.4 is 5.32 Å². The predicted octanol–water partition coefficient (Wildman–Crippen LogP) is 2.92. The SMILES string of the molecule is Cc1cc(C(=O)O)ccc1NCCCOCC1CC1. The number of ether oxygens (including phenoxy) is 1. The van der Waals surface area contributed by atoms with E-state index in [2.05, 4.69) is 5.32 Å². The highest BCUT2D eigenvalue weighted by atomic mass is 16.5. The van der Waals surface area contributed by atoms with Gasteiger partial charge < -0.3 is 15.2 Å². The summed E-state index contributed by atoms with van der Waals surface area (Å²) < 4.78 is 5.56. The van der Waals surface area contributed by atoms with Gasteiger partial charge in [-0.15, -0.1) is 0 Å². The Morgan fingerprint density at radius 2 is 2.26 bits per heavy atom. The van der Waals surface area contributed by atoms with Gasteiger partial charge >= 0.3 is 5.97 Å². The highest BCUT2D eigenvalue weighted by molar-refractivity contribution is 5.88. The summed E-state index contributed by atoms with van der Waals surface area (Å²) in [5.41, 5.74) is 2.28. The molecule has 0 bridgehead atoms. The maximum absolute atomic E-state index is 10.8. The van der Waals surface area contributed by atoms with Crippen molar-refractivity contribution in [3.05, 3.63) is 29.3 Å². The Balaban J connectivity index is 1.68. The molecule has 2 rings (SSSR count). The predicted molar refractivity (Wildman–Crippen MR) is 74.8 cm³/mol. The zero-order valence-corrected chi connectivity index (χ0v) is 11.3. The largest absolute Gasteiger partial charge is 0.478 e. The van der Waals surface area contributed by atoms with Gasteiger partial charge in [-0.05, 0) is 55.9 Å². The maximum Gasteiger partial charge on any atom is 0.335 e. The first-order valence-electron chi connectivity index (χ1n) is 6.82. The first-order valence-corrected chi connectivity index (χ1v) is 6.82. The molecule has 1 aliphatic rings. The van der Waals surface area contributed by atoms with Crippen LogP contribution in [0, 0.1) is 12.8 Å². The smallest absolute Gasteiger partial charge is 0.335 e. The third-order valence-electron chi connectivity index (χ3n) is 3.30. The molecule has 1 saturated carbocycles. The summed E-state index contributed by atoms with van der Waals surface area (Å²) in [5, 5.41) is 12.2. The van der Waals surface area contributed by atoms with Gasteiger partial charge in [0.2, 0.25) is 0 Å². The quantitative estimate of drug-likeness (QED) is 0.708. The molecule has 19 heavy (non-hydrogen) atoms. The van der Waals surface area contributed by atoms with Crippen molar-refractivity contribution in [3.63, 3.8) is 0 Å². The van der Waals surface area contributed by atoms with E-state index in [0.717, 1.165) is 43.3 Å². The zero-order valence-electron chi connectivity index (χ0n) is 11.3. The zero-order chi connectivity index (χ0) is 13.7. The van der Waals surface area contributed by atoms with Crippen molar-refractivity contribution in [3.8, 4) is 0 Å². The topological polar surface area (TPSA) is 58.6 Å². The number of carboxylic acid groups (broad SMARTS) is 1. The molecule has 4 nitrogen and oxygen atoms in total. The minimum Gasteiger partial charge on any atom is -0.478 e. The van der Waals surface area contributed by atoms with E-state index in [4.69, 9.17) is 9.84 Å². The Labute approximate surface area is 113 Å². The minimum atomic E-state index is -0.886. The molecule has 1 aromatic carbocycles. The average molecular weight is 263 g/mol. The van der Waals surface area contributed by atoms with Gasteiger partial charge in [0.15, 0.2) is 0 Å². The molecule has 0 amide bonds. The first kappa shape index (κ1) is 13.9. The Morgan fingerprint density at radius 3 is 2.89 bits per heavy atom. The van der Waals surface area contributed by atoms with Gasteiger partial charge in [-0.3, -0.25) is 0 Å². The van der Waals surface area contributed by atoms with E-state index in [0.29, 0.717) is 5.56 Å². The van der Waals surface area contributed by atoms with E-state index >= 15 is 0 Å². The molecule has 0 saturated heterocycles. The Morgan fingerprint density at radius 1 is 1.47 bits per heavy atom. The van der Waals surface area contributed by atoms with Gasteiger partial charge in [0, 0.05) is 25.4 Å². The monoisotopic (exact) mass is 263 g/mol. The van der Waals surface area contributed by atoms with Gasteiger partial charge in [0.05, 0.1) is 5.56 Å². The number of carbonyl (C=O) groups is 1. The number of aryl methyl sites for hydroxylation is 1. The van der Waals surface area contributed by atoms with E-state index in [-0.39, 0.29) is 0 Å². The molecule has 0 heterocycles. The van der Waals surface area contributed by atoms with Crippen LogP contribution in [-0.2, 0) is 4.74 Å². The van der Waals surface area contributed by atoms with Crippen LogP contribution >= 0.6 is 0 Å². The van der Waals surface area contributed by atoms with E-state index in [1.165, 1.54) is 12.8 Å². The number of rotatable bonds is 8. The molecule has 1 fully saturated rings. The summed E-state index contributed by atoms with van der Waals surface area (Å²) in [6.45, 7) is 4.46. The molecule has 1 aliphatic carbocycles. The fraction of sp³-hybridized carbons (Fsp3) is 0.533. The van der Waals surface area contributed by atoms with Crippen molar-refractivity contribution in [1.29, 1.82) is 0 Å². The second kappa shape index (κ2) is 6.57. The van der Waals surface area contributed by atoms with Crippen molar-refractivity contribution in [2.24, 2.45) is 5.92 Å². The normalized spacial score (nSPS) is 14.4. The van der Waals surface area contributed by atoms with Crippen LogP contribution in [0.4, 0.5) is 5.69 Å². The molecule has 0 spiro atoms. The lowest BCUT2D eigenvalue weighted by Gasteiger charge is -2.10. The molecule has 0 aromatic heterocycles. The molecule has 104 valence electrons. The van der Waals surface area contributed by atoms with E-state index in [9.17, 15) is 4.79 Å². The van der Waals surface area contributed by atoms with Gasteiger partial charge in [-0.2, -0.15) is 0 Å². The van der Waals surface area contributed by atoms with Crippen LogP contribution in [0.5, 0.6) is 0 Å². The van der Waals surface area contributed by atoms with Crippen molar-refractivity contribution in [2.75, 3.05) is 25.1 Å². The summed E-state index contributed by atoms with van der Waals surface area (Å²) in [7, 11) is 0. The Bertz CT molecular complexity index is 441. The van der Waals surface area contributed by atoms with Crippen LogP contribution in [0.1, 0.15) is 35.2 Å². The highest BCUT2D eigenvalue weighted by Gasteiger charge is 2.20. The summed E-state index contributed by atoms with van der Waals surface area (Å²) in [6.07, 6.45) is 3.62. The third-order valence-corrected chi connectivity index (χ3v) is 3.30. The number of carboxylic acids is 1. The fourth-order valence-electron chi connectivity index (χ4n) is 1.93. The van der Waals surface area contributed by atoms with Gasteiger partial charge in [-0.25, -0.2) is 4.79 Å². The van der Waals surface area contributed by atoms with E-state index in [1.54, 1.807) is 12.1 Å². The van der Waals surface area contributed by atoms with Crippen LogP contribution in [0.3, 0.4) is 0 Å². The fourth-order valence-corrected chi connectivity index (χ4v) is 1.93. The van der Waals surface area contributed by atoms with Gasteiger partial charge in [0.1, 0.15) is 0 Å². The Kier molecular flexibility index (Phi) is 4.80. The highest BCUT2D eigenvalue weighted by Crippen LogP contribution is 2.28. The van der Waals surface area contributed by atoms with Gasteiger partial charge in [-0.1, -0.05) is 0 Å². The van der Waals surface area contributed by atoms with Crippen LogP contribution in [0.25, 0.3) is 0 Å². The molecular weight excluding hydrogens is 242 g/mol. The number of nitrogens with one attached hydrogen (secondary N) is 1. The molecule has 2 N–H and O–H groups in total. The molecule has 0 unspecified atom stereocenters. The molecule has 0 radical (unpaired) electrons. The Hall–Kier alpha value is -1.55. The van der Waals surface area contributed by atoms with Gasteiger partial charge in [0.25, 0.3) is 0 Å². The van der Waals surface area contributed by atoms with Crippen molar-refractivity contribution in [1.82, 2.24) is 0 Å². The second-order valence-corrected chi connectivity index (χ2v) is 5.13. The summed E-state index contributed by atoms with van der Waals surface area (Å²) in [4.78, 5) is 10.8.